The zero-order chi connectivity index (χ0) is 13.4. The lowest BCUT2D eigenvalue weighted by Gasteiger charge is -2.23. The molecule has 3 heteroatoms. The van der Waals surface area contributed by atoms with Gasteiger partial charge in [-0.2, -0.15) is 5.26 Å². The fourth-order valence-electron chi connectivity index (χ4n) is 1.90. The molecule has 0 spiro atoms. The number of nitriles is 1. The number of benzene rings is 1. The van der Waals surface area contributed by atoms with Crippen LogP contribution in [0, 0.1) is 18.3 Å². The van der Waals surface area contributed by atoms with E-state index in [-0.39, 0.29) is 0 Å². The molecule has 0 aliphatic carbocycles. The fraction of sp³-hybridized carbons (Fsp3) is 0.533. The van der Waals surface area contributed by atoms with Gasteiger partial charge >= 0.3 is 0 Å². The van der Waals surface area contributed by atoms with Crippen molar-refractivity contribution in [2.24, 2.45) is 0 Å². The van der Waals surface area contributed by atoms with Crippen molar-refractivity contribution in [3.8, 4) is 6.07 Å². The normalized spacial score (nSPS) is 12.4. The van der Waals surface area contributed by atoms with Crippen LogP contribution in [-0.4, -0.2) is 29.6 Å². The summed E-state index contributed by atoms with van der Waals surface area (Å²) < 4.78 is 0. The molecule has 0 amide bonds. The lowest BCUT2D eigenvalue weighted by Crippen LogP contribution is -2.29. The van der Waals surface area contributed by atoms with E-state index >= 15 is 0 Å². The Morgan fingerprint density at radius 3 is 2.56 bits per heavy atom. The quantitative estimate of drug-likeness (QED) is 0.752. The van der Waals surface area contributed by atoms with Crippen molar-refractivity contribution >= 4 is 0 Å². The summed E-state index contributed by atoms with van der Waals surface area (Å²) in [5.74, 6) is 0. The predicted molar refractivity (Wildman–Crippen MR) is 73.1 cm³/mol. The Labute approximate surface area is 110 Å². The minimum absolute atomic E-state index is 0.451. The third kappa shape index (κ3) is 4.87. The highest BCUT2D eigenvalue weighted by atomic mass is 16.3. The van der Waals surface area contributed by atoms with Gasteiger partial charge in [-0.05, 0) is 32.0 Å². The van der Waals surface area contributed by atoms with Crippen molar-refractivity contribution in [1.29, 1.82) is 5.26 Å². The van der Waals surface area contributed by atoms with E-state index in [2.05, 4.69) is 17.9 Å². The summed E-state index contributed by atoms with van der Waals surface area (Å²) in [6.07, 6.45) is 0.995. The molecule has 0 aliphatic heterocycles. The monoisotopic (exact) mass is 246 g/mol. The molecule has 0 saturated carbocycles. The highest BCUT2D eigenvalue weighted by Gasteiger charge is 2.11. The van der Waals surface area contributed by atoms with Crippen molar-refractivity contribution in [2.75, 3.05) is 19.6 Å². The molecule has 18 heavy (non-hydrogen) atoms. The van der Waals surface area contributed by atoms with Gasteiger partial charge in [-0.3, -0.25) is 0 Å². The number of rotatable bonds is 7. The summed E-state index contributed by atoms with van der Waals surface area (Å²) >= 11 is 0. The molecule has 1 N–H and O–H groups in total. The molecule has 1 unspecified atom stereocenters. The van der Waals surface area contributed by atoms with Gasteiger partial charge in [0.1, 0.15) is 0 Å². The molecule has 0 saturated heterocycles. The number of aryl methyl sites for hydroxylation is 1. The van der Waals surface area contributed by atoms with Gasteiger partial charge in [0.25, 0.3) is 0 Å². The first-order valence-corrected chi connectivity index (χ1v) is 6.51. The number of aliphatic hydroxyl groups excluding tert-OH is 1. The molecule has 98 valence electrons. The van der Waals surface area contributed by atoms with E-state index in [0.717, 1.165) is 25.1 Å². The third-order valence-corrected chi connectivity index (χ3v) is 3.10. The molecule has 0 heterocycles. The van der Waals surface area contributed by atoms with E-state index in [1.165, 1.54) is 5.56 Å². The molecule has 1 aromatic carbocycles. The van der Waals surface area contributed by atoms with Gasteiger partial charge in [0.15, 0.2) is 0 Å². The SMILES string of the molecule is CCN(CCCC#N)CC(O)c1ccc(C)cc1. The molecule has 0 aliphatic rings. The first-order valence-electron chi connectivity index (χ1n) is 6.51. The van der Waals surface area contributed by atoms with E-state index in [9.17, 15) is 5.11 Å². The van der Waals surface area contributed by atoms with E-state index < -0.39 is 6.10 Å². The molecule has 3 nitrogen and oxygen atoms in total. The van der Waals surface area contributed by atoms with Crippen LogP contribution < -0.4 is 0 Å². The maximum absolute atomic E-state index is 10.2. The summed E-state index contributed by atoms with van der Waals surface area (Å²) in [6, 6.07) is 10.1. The Hall–Kier alpha value is -1.37. The first kappa shape index (κ1) is 14.7. The van der Waals surface area contributed by atoms with Gasteiger partial charge in [-0.15, -0.1) is 0 Å². The molecule has 0 fully saturated rings. The van der Waals surface area contributed by atoms with Gasteiger partial charge in [0, 0.05) is 13.0 Å². The van der Waals surface area contributed by atoms with Gasteiger partial charge in [0.05, 0.1) is 12.2 Å². The molecule has 0 radical (unpaired) electrons. The minimum atomic E-state index is -0.451. The van der Waals surface area contributed by atoms with Crippen LogP contribution in [0.25, 0.3) is 0 Å². The zero-order valence-corrected chi connectivity index (χ0v) is 11.3. The standard InChI is InChI=1S/C15H22N2O/c1-3-17(11-5-4-10-16)12-15(18)14-8-6-13(2)7-9-14/h6-9,15,18H,3-5,11-12H2,1-2H3. The van der Waals surface area contributed by atoms with Crippen LogP contribution >= 0.6 is 0 Å². The second kappa shape index (κ2) is 7.86. The van der Waals surface area contributed by atoms with Crippen LogP contribution in [0.3, 0.4) is 0 Å². The van der Waals surface area contributed by atoms with Crippen LogP contribution in [0.15, 0.2) is 24.3 Å². The summed E-state index contributed by atoms with van der Waals surface area (Å²) in [7, 11) is 0. The largest absolute Gasteiger partial charge is 0.387 e. The Morgan fingerprint density at radius 2 is 2.00 bits per heavy atom. The van der Waals surface area contributed by atoms with Crippen LogP contribution in [0.4, 0.5) is 0 Å². The van der Waals surface area contributed by atoms with Crippen molar-refractivity contribution in [3.63, 3.8) is 0 Å². The number of likely N-dealkylation sites (N-methyl/N-ethyl adjacent to an activating group) is 1. The van der Waals surface area contributed by atoms with Crippen molar-refractivity contribution in [1.82, 2.24) is 4.90 Å². The zero-order valence-electron chi connectivity index (χ0n) is 11.3. The second-order valence-electron chi connectivity index (χ2n) is 4.58. The molecular weight excluding hydrogens is 224 g/mol. The minimum Gasteiger partial charge on any atom is -0.387 e. The molecule has 1 rings (SSSR count). The maximum atomic E-state index is 10.2. The Morgan fingerprint density at radius 1 is 1.33 bits per heavy atom. The Kier molecular flexibility index (Phi) is 6.42. The number of hydrogen-bond donors (Lipinski definition) is 1. The molecular formula is C15H22N2O. The lowest BCUT2D eigenvalue weighted by molar-refractivity contribution is 0.115. The lowest BCUT2D eigenvalue weighted by atomic mass is 10.1. The number of hydrogen-bond acceptors (Lipinski definition) is 3. The summed E-state index contributed by atoms with van der Waals surface area (Å²) in [6.45, 7) is 6.51. The van der Waals surface area contributed by atoms with Crippen molar-refractivity contribution < 1.29 is 5.11 Å². The van der Waals surface area contributed by atoms with Crippen LogP contribution in [0.5, 0.6) is 0 Å². The summed E-state index contributed by atoms with van der Waals surface area (Å²) in [4.78, 5) is 2.18. The van der Waals surface area contributed by atoms with Gasteiger partial charge in [-0.25, -0.2) is 0 Å². The van der Waals surface area contributed by atoms with Crippen molar-refractivity contribution in [2.45, 2.75) is 32.8 Å². The Balaban J connectivity index is 2.48. The molecule has 1 aromatic rings. The van der Waals surface area contributed by atoms with Gasteiger partial charge in [-0.1, -0.05) is 36.8 Å². The Bertz CT molecular complexity index is 380. The van der Waals surface area contributed by atoms with Crippen LogP contribution in [0.2, 0.25) is 0 Å². The third-order valence-electron chi connectivity index (χ3n) is 3.10. The van der Waals surface area contributed by atoms with E-state index in [1.807, 2.05) is 31.2 Å². The van der Waals surface area contributed by atoms with E-state index in [0.29, 0.717) is 13.0 Å². The summed E-state index contributed by atoms with van der Waals surface area (Å²) in [5.41, 5.74) is 2.16. The highest BCUT2D eigenvalue weighted by molar-refractivity contribution is 5.23. The number of aliphatic hydroxyl groups is 1. The topological polar surface area (TPSA) is 47.3 Å². The molecule has 0 bridgehead atoms. The van der Waals surface area contributed by atoms with Gasteiger partial charge < -0.3 is 10.0 Å². The van der Waals surface area contributed by atoms with E-state index in [1.54, 1.807) is 0 Å². The number of nitrogens with zero attached hydrogens (tertiary/aromatic N) is 2. The average Bonchev–Trinajstić information content (AvgIpc) is 2.38. The van der Waals surface area contributed by atoms with Gasteiger partial charge in [0.2, 0.25) is 0 Å². The van der Waals surface area contributed by atoms with E-state index in [4.69, 9.17) is 5.26 Å². The maximum Gasteiger partial charge on any atom is 0.0916 e. The summed E-state index contributed by atoms with van der Waals surface area (Å²) in [5, 5.41) is 18.7. The van der Waals surface area contributed by atoms with Crippen molar-refractivity contribution in [3.05, 3.63) is 35.4 Å². The number of unbranched alkanes of at least 4 members (excludes halogenated alkanes) is 1. The second-order valence-corrected chi connectivity index (χ2v) is 4.58. The van der Waals surface area contributed by atoms with Crippen LogP contribution in [0.1, 0.15) is 37.0 Å². The smallest absolute Gasteiger partial charge is 0.0916 e. The fourth-order valence-corrected chi connectivity index (χ4v) is 1.90. The molecule has 0 aromatic heterocycles. The molecule has 1 atom stereocenters. The predicted octanol–water partition coefficient (Wildman–Crippen LogP) is 2.65. The average molecular weight is 246 g/mol. The highest BCUT2D eigenvalue weighted by Crippen LogP contribution is 2.15. The van der Waals surface area contributed by atoms with Crippen LogP contribution in [-0.2, 0) is 0 Å². The first-order chi connectivity index (χ1) is 8.67.